The highest BCUT2D eigenvalue weighted by Gasteiger charge is 2.41. The summed E-state index contributed by atoms with van der Waals surface area (Å²) in [5, 5.41) is 0. The molecule has 0 unspecified atom stereocenters. The van der Waals surface area contributed by atoms with E-state index in [1.54, 1.807) is 21.3 Å². The van der Waals surface area contributed by atoms with Crippen LogP contribution in [-0.4, -0.2) is 40.1 Å². The van der Waals surface area contributed by atoms with Gasteiger partial charge in [-0.05, 0) is 54.8 Å². The van der Waals surface area contributed by atoms with Gasteiger partial charge in [0, 0.05) is 24.1 Å². The fraction of sp³-hybridized carbons (Fsp3) is 0.455. The van der Waals surface area contributed by atoms with Gasteiger partial charge in [-0.2, -0.15) is 0 Å². The minimum Gasteiger partial charge on any atom is -0.493 e. The molecule has 2 heterocycles. The van der Waals surface area contributed by atoms with Crippen molar-refractivity contribution in [1.29, 1.82) is 0 Å². The highest BCUT2D eigenvalue weighted by atomic mass is 16.7. The first-order valence-corrected chi connectivity index (χ1v) is 9.60. The number of nitrogens with zero attached hydrogens (tertiary/aromatic N) is 1. The van der Waals surface area contributed by atoms with Crippen molar-refractivity contribution in [2.75, 3.05) is 35.2 Å². The minimum atomic E-state index is 0.286. The average molecular weight is 383 g/mol. The third-order valence-electron chi connectivity index (χ3n) is 6.31. The lowest BCUT2D eigenvalue weighted by Crippen LogP contribution is -2.37. The number of benzene rings is 2. The molecule has 148 valence electrons. The Morgan fingerprint density at radius 2 is 1.68 bits per heavy atom. The maximum absolute atomic E-state index is 5.77. The summed E-state index contributed by atoms with van der Waals surface area (Å²) in [6, 6.07) is 6.76. The van der Waals surface area contributed by atoms with Crippen LogP contribution in [0.3, 0.4) is 0 Å². The molecule has 2 aromatic rings. The Kier molecular flexibility index (Phi) is 4.05. The van der Waals surface area contributed by atoms with Crippen molar-refractivity contribution < 1.29 is 23.7 Å². The molecule has 0 saturated carbocycles. The summed E-state index contributed by atoms with van der Waals surface area (Å²) < 4.78 is 28.2. The Labute approximate surface area is 164 Å². The summed E-state index contributed by atoms with van der Waals surface area (Å²) in [7, 11) is 7.20. The molecular formula is C22H25NO5. The predicted octanol–water partition coefficient (Wildman–Crippen LogP) is 3.66. The molecule has 0 saturated heterocycles. The quantitative estimate of drug-likeness (QED) is 0.806. The van der Waals surface area contributed by atoms with Crippen molar-refractivity contribution >= 4 is 0 Å². The molecule has 28 heavy (non-hydrogen) atoms. The Morgan fingerprint density at radius 3 is 2.39 bits per heavy atom. The Hall–Kier alpha value is -2.60. The van der Waals surface area contributed by atoms with Gasteiger partial charge in [-0.1, -0.05) is 0 Å². The van der Waals surface area contributed by atoms with E-state index in [9.17, 15) is 0 Å². The third kappa shape index (κ3) is 2.37. The number of ether oxygens (including phenoxy) is 5. The molecular weight excluding hydrogens is 358 g/mol. The van der Waals surface area contributed by atoms with Gasteiger partial charge < -0.3 is 23.7 Å². The molecule has 6 nitrogen and oxygen atoms in total. The second-order valence-corrected chi connectivity index (χ2v) is 7.62. The summed E-state index contributed by atoms with van der Waals surface area (Å²) >= 11 is 0. The fourth-order valence-electron chi connectivity index (χ4n) is 5.12. The molecule has 0 spiro atoms. The van der Waals surface area contributed by atoms with Crippen molar-refractivity contribution in [2.45, 2.75) is 31.3 Å². The lowest BCUT2D eigenvalue weighted by atomic mass is 9.72. The SMILES string of the molecule is COc1cc2c(c(OC)c1OC)CN(C)[C@@H]1c3cc4c(cc3CC[C@H]21)OCO4. The van der Waals surface area contributed by atoms with Crippen LogP contribution in [0.15, 0.2) is 18.2 Å². The van der Waals surface area contributed by atoms with Gasteiger partial charge in [0.2, 0.25) is 12.5 Å². The maximum Gasteiger partial charge on any atom is 0.231 e. The molecule has 0 N–H and O–H groups in total. The van der Waals surface area contributed by atoms with Crippen LogP contribution in [-0.2, 0) is 13.0 Å². The molecule has 1 aliphatic carbocycles. The van der Waals surface area contributed by atoms with Gasteiger partial charge in [0.05, 0.1) is 21.3 Å². The molecule has 0 bridgehead atoms. The van der Waals surface area contributed by atoms with E-state index in [0.29, 0.717) is 18.5 Å². The second-order valence-electron chi connectivity index (χ2n) is 7.62. The number of fused-ring (bicyclic) bond motifs is 6. The molecule has 2 aliphatic heterocycles. The maximum atomic E-state index is 5.77. The van der Waals surface area contributed by atoms with Crippen molar-refractivity contribution in [1.82, 2.24) is 4.90 Å². The summed E-state index contributed by atoms with van der Waals surface area (Å²) in [6.45, 7) is 1.09. The Morgan fingerprint density at radius 1 is 0.929 bits per heavy atom. The molecule has 6 heteroatoms. The molecule has 0 amide bonds. The molecule has 0 radical (unpaired) electrons. The fourth-order valence-corrected chi connectivity index (χ4v) is 5.12. The van der Waals surface area contributed by atoms with Crippen LogP contribution in [0.4, 0.5) is 0 Å². The van der Waals surface area contributed by atoms with Crippen molar-refractivity contribution in [3.63, 3.8) is 0 Å². The van der Waals surface area contributed by atoms with E-state index in [4.69, 9.17) is 23.7 Å². The van der Waals surface area contributed by atoms with Gasteiger partial charge >= 0.3 is 0 Å². The number of methoxy groups -OCH3 is 3. The lowest BCUT2D eigenvalue weighted by molar-refractivity contribution is 0.164. The van der Waals surface area contributed by atoms with Crippen LogP contribution in [0.1, 0.15) is 40.6 Å². The zero-order chi connectivity index (χ0) is 19.4. The highest BCUT2D eigenvalue weighted by Crippen LogP contribution is 2.55. The van der Waals surface area contributed by atoms with E-state index in [1.165, 1.54) is 22.3 Å². The molecule has 3 aliphatic rings. The zero-order valence-corrected chi connectivity index (χ0v) is 16.7. The van der Waals surface area contributed by atoms with E-state index in [2.05, 4.69) is 30.1 Å². The van der Waals surface area contributed by atoms with Crippen LogP contribution in [0.5, 0.6) is 28.7 Å². The summed E-state index contributed by atoms with van der Waals surface area (Å²) in [5.74, 6) is 4.23. The first kappa shape index (κ1) is 17.5. The van der Waals surface area contributed by atoms with Crippen LogP contribution < -0.4 is 23.7 Å². The van der Waals surface area contributed by atoms with Gasteiger partial charge in [0.15, 0.2) is 23.0 Å². The molecule has 2 atom stereocenters. The van der Waals surface area contributed by atoms with Crippen molar-refractivity contribution in [3.05, 3.63) is 40.5 Å². The number of hydrogen-bond acceptors (Lipinski definition) is 6. The Bertz CT molecular complexity index is 941. The van der Waals surface area contributed by atoms with E-state index >= 15 is 0 Å². The first-order chi connectivity index (χ1) is 13.7. The van der Waals surface area contributed by atoms with Gasteiger partial charge in [0.1, 0.15) is 0 Å². The first-order valence-electron chi connectivity index (χ1n) is 9.60. The number of hydrogen-bond donors (Lipinski definition) is 0. The van der Waals surface area contributed by atoms with E-state index in [1.807, 2.05) is 0 Å². The second kappa shape index (κ2) is 6.48. The summed E-state index contributed by atoms with van der Waals surface area (Å²) in [6.07, 6.45) is 2.07. The van der Waals surface area contributed by atoms with Crippen LogP contribution >= 0.6 is 0 Å². The number of rotatable bonds is 3. The van der Waals surface area contributed by atoms with Gasteiger partial charge in [0.25, 0.3) is 0 Å². The van der Waals surface area contributed by atoms with Crippen molar-refractivity contribution in [3.8, 4) is 28.7 Å². The largest absolute Gasteiger partial charge is 0.493 e. The summed E-state index contributed by atoms with van der Waals surface area (Å²) in [4.78, 5) is 2.40. The minimum absolute atomic E-state index is 0.286. The topological polar surface area (TPSA) is 49.4 Å². The molecule has 0 fully saturated rings. The smallest absolute Gasteiger partial charge is 0.231 e. The van der Waals surface area contributed by atoms with Gasteiger partial charge in [-0.25, -0.2) is 0 Å². The van der Waals surface area contributed by atoms with Crippen LogP contribution in [0.25, 0.3) is 0 Å². The highest BCUT2D eigenvalue weighted by molar-refractivity contribution is 5.62. The zero-order valence-electron chi connectivity index (χ0n) is 16.7. The standard InChI is InChI=1S/C22H25NO5/c1-23-10-16-15(9-19(24-2)22(26-4)21(16)25-3)13-6-5-12-7-17-18(28-11-27-17)8-14(12)20(13)23/h7-9,13,20H,5-6,10-11H2,1-4H3/t13-,20+/m1/s1. The van der Waals surface area contributed by atoms with Crippen LogP contribution in [0, 0.1) is 0 Å². The van der Waals surface area contributed by atoms with Gasteiger partial charge in [-0.15, -0.1) is 0 Å². The molecule has 0 aromatic heterocycles. The van der Waals surface area contributed by atoms with E-state index < -0.39 is 0 Å². The number of likely N-dealkylation sites (N-methyl/N-ethyl adjacent to an activating group) is 1. The predicted molar refractivity (Wildman–Crippen MR) is 104 cm³/mol. The van der Waals surface area contributed by atoms with Gasteiger partial charge in [-0.3, -0.25) is 4.90 Å². The van der Waals surface area contributed by atoms with Crippen molar-refractivity contribution in [2.24, 2.45) is 0 Å². The summed E-state index contributed by atoms with van der Waals surface area (Å²) in [5.41, 5.74) is 5.17. The average Bonchev–Trinajstić information content (AvgIpc) is 3.17. The molecule has 5 rings (SSSR count). The number of aryl methyl sites for hydroxylation is 1. The Balaban J connectivity index is 1.66. The van der Waals surface area contributed by atoms with E-state index in [0.717, 1.165) is 42.4 Å². The third-order valence-corrected chi connectivity index (χ3v) is 6.31. The van der Waals surface area contributed by atoms with Crippen LogP contribution in [0.2, 0.25) is 0 Å². The monoisotopic (exact) mass is 383 g/mol. The lowest BCUT2D eigenvalue weighted by Gasteiger charge is -2.45. The van der Waals surface area contributed by atoms with E-state index in [-0.39, 0.29) is 6.04 Å². The molecule has 2 aromatic carbocycles. The normalized spacial score (nSPS) is 22.1.